The Hall–Kier alpha value is -1.45. The van der Waals surface area contributed by atoms with Crippen LogP contribution in [0.1, 0.15) is 18.1 Å². The van der Waals surface area contributed by atoms with Crippen LogP contribution in [0.2, 0.25) is 5.02 Å². The van der Waals surface area contributed by atoms with Crippen LogP contribution in [0.5, 0.6) is 5.75 Å². The second-order valence-corrected chi connectivity index (χ2v) is 5.16. The summed E-state index contributed by atoms with van der Waals surface area (Å²) in [5, 5.41) is 4.54. The van der Waals surface area contributed by atoms with E-state index in [0.29, 0.717) is 28.9 Å². The van der Waals surface area contributed by atoms with E-state index in [0.717, 1.165) is 11.9 Å². The summed E-state index contributed by atoms with van der Waals surface area (Å²) in [5.41, 5.74) is 0.974. The van der Waals surface area contributed by atoms with E-state index in [4.69, 9.17) is 20.9 Å². The maximum absolute atomic E-state index is 5.80. The zero-order chi connectivity index (χ0) is 14.4. The van der Waals surface area contributed by atoms with Crippen molar-refractivity contribution in [1.82, 2.24) is 10.1 Å². The normalized spacial score (nSPS) is 11.7. The summed E-state index contributed by atoms with van der Waals surface area (Å²) >= 11 is 5.80. The van der Waals surface area contributed by atoms with Crippen molar-refractivity contribution in [1.29, 1.82) is 0 Å². The zero-order valence-electron chi connectivity index (χ0n) is 11.0. The number of aryl methyl sites for hydroxylation is 1. The highest BCUT2D eigenvalue weighted by Gasteiger charge is 2.07. The van der Waals surface area contributed by atoms with Crippen LogP contribution in [-0.2, 0) is 13.0 Å². The van der Waals surface area contributed by atoms with Gasteiger partial charge in [0, 0.05) is 23.9 Å². The predicted molar refractivity (Wildman–Crippen MR) is 81.5 cm³/mol. The molecule has 1 unspecified atom stereocenters. The molecule has 0 radical (unpaired) electrons. The second kappa shape index (κ2) is 7.36. The summed E-state index contributed by atoms with van der Waals surface area (Å²) in [5.74, 6) is 1.82. The number of nitrogens with zero attached hydrogens (tertiary/aromatic N) is 3. The van der Waals surface area contributed by atoms with Gasteiger partial charge in [0.2, 0.25) is 11.7 Å². The van der Waals surface area contributed by atoms with E-state index in [2.05, 4.69) is 24.4 Å². The Labute approximate surface area is 124 Å². The molecule has 1 aromatic heterocycles. The Morgan fingerprint density at radius 2 is 2.15 bits per heavy atom. The smallest absolute Gasteiger partial charge is 0.227 e. The minimum Gasteiger partial charge on any atom is -0.485 e. The van der Waals surface area contributed by atoms with E-state index < -0.39 is 0 Å². The third-order valence-corrected chi connectivity index (χ3v) is 3.37. The molecular formula is C13H15ClN3O2P. The van der Waals surface area contributed by atoms with E-state index in [1.165, 1.54) is 0 Å². The van der Waals surface area contributed by atoms with Gasteiger partial charge >= 0.3 is 0 Å². The monoisotopic (exact) mass is 311 g/mol. The maximum atomic E-state index is 5.80. The molecule has 0 fully saturated rings. The lowest BCUT2D eigenvalue weighted by Crippen LogP contribution is -1.98. The van der Waals surface area contributed by atoms with Gasteiger partial charge in [-0.1, -0.05) is 26.0 Å². The quantitative estimate of drug-likeness (QED) is 0.607. The Morgan fingerprint density at radius 1 is 1.40 bits per heavy atom. The summed E-state index contributed by atoms with van der Waals surface area (Å²) in [6, 6.07) is 7.12. The van der Waals surface area contributed by atoms with Crippen molar-refractivity contribution in [2.45, 2.75) is 19.4 Å². The third kappa shape index (κ3) is 4.58. The van der Waals surface area contributed by atoms with E-state index in [1.807, 2.05) is 0 Å². The SMILES string of the molecule is CN=C(P)CCc1nc(COc2ccc(Cl)cc2)no1. The molecule has 0 amide bonds. The molecule has 0 aliphatic rings. The minimum absolute atomic E-state index is 0.265. The third-order valence-electron chi connectivity index (χ3n) is 2.57. The van der Waals surface area contributed by atoms with Crippen LogP contribution in [0.15, 0.2) is 33.8 Å². The maximum Gasteiger partial charge on any atom is 0.227 e. The van der Waals surface area contributed by atoms with Crippen molar-refractivity contribution in [2.75, 3.05) is 7.05 Å². The zero-order valence-corrected chi connectivity index (χ0v) is 13.0. The lowest BCUT2D eigenvalue weighted by atomic mass is 10.3. The van der Waals surface area contributed by atoms with Gasteiger partial charge in [0.15, 0.2) is 6.61 Å². The van der Waals surface area contributed by atoms with E-state index >= 15 is 0 Å². The van der Waals surface area contributed by atoms with E-state index in [9.17, 15) is 0 Å². The predicted octanol–water partition coefficient (Wildman–Crippen LogP) is 3.14. The van der Waals surface area contributed by atoms with Crippen LogP contribution in [0, 0.1) is 0 Å². The molecule has 1 atom stereocenters. The molecule has 1 heterocycles. The Bertz CT molecular complexity index is 584. The van der Waals surface area contributed by atoms with Crippen molar-refractivity contribution in [3.63, 3.8) is 0 Å². The molecule has 0 N–H and O–H groups in total. The summed E-state index contributed by atoms with van der Waals surface area (Å²) in [6.07, 6.45) is 1.45. The van der Waals surface area contributed by atoms with Crippen LogP contribution in [0.3, 0.4) is 0 Å². The van der Waals surface area contributed by atoms with E-state index in [-0.39, 0.29) is 6.61 Å². The summed E-state index contributed by atoms with van der Waals surface area (Å²) < 4.78 is 10.7. The molecule has 106 valence electrons. The first-order valence-corrected chi connectivity index (χ1v) is 7.04. The highest BCUT2D eigenvalue weighted by molar-refractivity contribution is 7.40. The largest absolute Gasteiger partial charge is 0.485 e. The van der Waals surface area contributed by atoms with Crippen LogP contribution >= 0.6 is 20.8 Å². The number of halogens is 1. The first kappa shape index (κ1) is 14.9. The molecule has 7 heteroatoms. The molecule has 0 saturated carbocycles. The van der Waals surface area contributed by atoms with Crippen molar-refractivity contribution in [3.05, 3.63) is 41.0 Å². The molecule has 0 spiro atoms. The lowest BCUT2D eigenvalue weighted by Gasteiger charge is -2.02. The van der Waals surface area contributed by atoms with E-state index in [1.54, 1.807) is 31.3 Å². The molecule has 5 nitrogen and oxygen atoms in total. The van der Waals surface area contributed by atoms with Crippen LogP contribution in [-0.4, -0.2) is 22.6 Å². The van der Waals surface area contributed by atoms with Gasteiger partial charge in [0.1, 0.15) is 5.75 Å². The van der Waals surface area contributed by atoms with Crippen molar-refractivity contribution in [2.24, 2.45) is 4.99 Å². The summed E-state index contributed by atoms with van der Waals surface area (Å²) in [4.78, 5) is 8.30. The molecule has 2 aromatic rings. The lowest BCUT2D eigenvalue weighted by molar-refractivity contribution is 0.285. The molecule has 1 aromatic carbocycles. The number of aliphatic imine (C=N–C) groups is 1. The summed E-state index contributed by atoms with van der Waals surface area (Å²) in [7, 11) is 4.33. The number of hydrogen-bond donors (Lipinski definition) is 0. The van der Waals surface area contributed by atoms with Crippen molar-refractivity contribution < 1.29 is 9.26 Å². The molecular weight excluding hydrogens is 297 g/mol. The Morgan fingerprint density at radius 3 is 2.85 bits per heavy atom. The first-order chi connectivity index (χ1) is 9.67. The number of benzene rings is 1. The summed E-state index contributed by atoms with van der Waals surface area (Å²) in [6.45, 7) is 0.265. The molecule has 0 saturated heterocycles. The second-order valence-electron chi connectivity index (χ2n) is 4.06. The average molecular weight is 312 g/mol. The fourth-order valence-electron chi connectivity index (χ4n) is 1.48. The number of aromatic nitrogens is 2. The van der Waals surface area contributed by atoms with Crippen LogP contribution < -0.4 is 4.74 Å². The van der Waals surface area contributed by atoms with Gasteiger partial charge in [-0.3, -0.25) is 4.99 Å². The first-order valence-electron chi connectivity index (χ1n) is 6.08. The van der Waals surface area contributed by atoms with Gasteiger partial charge in [-0.05, 0) is 30.7 Å². The van der Waals surface area contributed by atoms with Gasteiger partial charge in [-0.25, -0.2) is 0 Å². The topological polar surface area (TPSA) is 60.5 Å². The van der Waals surface area contributed by atoms with Gasteiger partial charge in [0.05, 0.1) is 0 Å². The molecule has 20 heavy (non-hydrogen) atoms. The number of rotatable bonds is 6. The fourth-order valence-corrected chi connectivity index (χ4v) is 1.75. The minimum atomic E-state index is 0.265. The Kier molecular flexibility index (Phi) is 5.50. The molecule has 0 aliphatic heterocycles. The van der Waals surface area contributed by atoms with Gasteiger partial charge in [-0.2, -0.15) is 4.98 Å². The number of hydrogen-bond acceptors (Lipinski definition) is 5. The molecule has 0 aliphatic carbocycles. The van der Waals surface area contributed by atoms with Crippen LogP contribution in [0.25, 0.3) is 0 Å². The number of ether oxygens (including phenoxy) is 1. The fraction of sp³-hybridized carbons (Fsp3) is 0.308. The highest BCUT2D eigenvalue weighted by atomic mass is 35.5. The van der Waals surface area contributed by atoms with Gasteiger partial charge in [-0.15, -0.1) is 0 Å². The molecule has 2 rings (SSSR count). The highest BCUT2D eigenvalue weighted by Crippen LogP contribution is 2.16. The van der Waals surface area contributed by atoms with Crippen molar-refractivity contribution in [3.8, 4) is 5.75 Å². The Balaban J connectivity index is 1.85. The van der Waals surface area contributed by atoms with Crippen LogP contribution in [0.4, 0.5) is 0 Å². The standard InChI is InChI=1S/C13H15ClN3O2P/c1-15-13(20)7-6-12-16-11(17-19-12)8-18-10-4-2-9(14)3-5-10/h2-5H,6-8,20H2,1H3. The van der Waals surface area contributed by atoms with Crippen molar-refractivity contribution >= 4 is 26.3 Å². The molecule has 0 bridgehead atoms. The van der Waals surface area contributed by atoms with Gasteiger partial charge in [0.25, 0.3) is 0 Å². The van der Waals surface area contributed by atoms with Gasteiger partial charge < -0.3 is 9.26 Å². The average Bonchev–Trinajstić information content (AvgIpc) is 2.92.